The van der Waals surface area contributed by atoms with Gasteiger partial charge in [-0.05, 0) is 45.7 Å². The third-order valence-electron chi connectivity index (χ3n) is 5.91. The molecular formula is C24H27FN8O2. The summed E-state index contributed by atoms with van der Waals surface area (Å²) in [5, 5.41) is 13.1. The van der Waals surface area contributed by atoms with Gasteiger partial charge >= 0.3 is 6.09 Å². The van der Waals surface area contributed by atoms with Gasteiger partial charge in [-0.1, -0.05) is 6.07 Å². The van der Waals surface area contributed by atoms with Crippen molar-refractivity contribution >= 4 is 23.5 Å². The fraction of sp³-hybridized carbons (Fsp3) is 0.375. The molecule has 1 fully saturated rings. The Kier molecular flexibility index (Phi) is 6.06. The second-order valence-electron chi connectivity index (χ2n) is 9.00. The van der Waals surface area contributed by atoms with Gasteiger partial charge in [0.1, 0.15) is 17.9 Å². The highest BCUT2D eigenvalue weighted by atomic mass is 19.1. The molecule has 182 valence electrons. The van der Waals surface area contributed by atoms with Crippen LogP contribution in [0.4, 0.5) is 21.0 Å². The van der Waals surface area contributed by atoms with Gasteiger partial charge in [-0.15, -0.1) is 0 Å². The van der Waals surface area contributed by atoms with Gasteiger partial charge in [0.2, 0.25) is 5.95 Å². The van der Waals surface area contributed by atoms with Gasteiger partial charge in [-0.2, -0.15) is 5.10 Å². The van der Waals surface area contributed by atoms with Crippen molar-refractivity contribution < 1.29 is 13.9 Å². The van der Waals surface area contributed by atoms with Crippen LogP contribution in [0.2, 0.25) is 0 Å². The number of rotatable bonds is 6. The van der Waals surface area contributed by atoms with Crippen molar-refractivity contribution in [3.8, 4) is 11.4 Å². The molecule has 1 aliphatic carbocycles. The van der Waals surface area contributed by atoms with Crippen LogP contribution in [-0.2, 0) is 4.74 Å². The second-order valence-corrected chi connectivity index (χ2v) is 9.00. The molecule has 0 aromatic carbocycles. The number of hydrogen-bond acceptors (Lipinski definition) is 7. The number of H-pyrrole nitrogens is 1. The molecule has 4 aromatic rings. The van der Waals surface area contributed by atoms with E-state index in [2.05, 4.69) is 30.8 Å². The van der Waals surface area contributed by atoms with E-state index in [4.69, 9.17) is 9.72 Å². The molecule has 1 amide bonds. The lowest BCUT2D eigenvalue weighted by Gasteiger charge is -2.18. The Balaban J connectivity index is 1.36. The standard InChI is InChI=1S/C24H27FN8O2/c1-13(2)27-24(34)35-19-8-7-15(22(19)25)17-10-20(32-31-17)30-23-29-18(16-6-4-5-9-26-16)11-21-28-14(3)12-33(21)23/h4-6,9-13,15,19,22H,7-8H2,1-3H3,(H,27,34)(H2,29,30,31,32)/t15-,19-,22-/m0/s1. The van der Waals surface area contributed by atoms with E-state index in [0.717, 1.165) is 17.0 Å². The summed E-state index contributed by atoms with van der Waals surface area (Å²) in [7, 11) is 0. The number of anilines is 2. The largest absolute Gasteiger partial charge is 0.443 e. The maximum absolute atomic E-state index is 15.1. The van der Waals surface area contributed by atoms with E-state index in [0.29, 0.717) is 36.0 Å². The zero-order chi connectivity index (χ0) is 24.5. The highest BCUT2D eigenvalue weighted by Crippen LogP contribution is 2.38. The molecule has 11 heteroatoms. The molecule has 5 rings (SSSR count). The van der Waals surface area contributed by atoms with Crippen LogP contribution >= 0.6 is 0 Å². The molecule has 1 aliphatic rings. The SMILES string of the molecule is Cc1cn2c(Nc3cc([C@@H]4CC[C@H](OC(=O)NC(C)C)[C@H]4F)[nH]n3)nc(-c3ccccn3)cc2n1. The van der Waals surface area contributed by atoms with Gasteiger partial charge in [0.15, 0.2) is 5.82 Å². The molecule has 4 heterocycles. The number of pyridine rings is 1. The van der Waals surface area contributed by atoms with E-state index in [1.54, 1.807) is 12.3 Å². The molecule has 0 saturated heterocycles. The normalized spacial score (nSPS) is 19.9. The number of ether oxygens (including phenoxy) is 1. The van der Waals surface area contributed by atoms with Crippen LogP contribution in [0.15, 0.2) is 42.7 Å². The Morgan fingerprint density at radius 3 is 2.86 bits per heavy atom. The molecule has 0 unspecified atom stereocenters. The van der Waals surface area contributed by atoms with Crippen molar-refractivity contribution in [3.05, 3.63) is 54.1 Å². The number of carbonyl (C=O) groups is 1. The Bertz CT molecular complexity index is 1340. The van der Waals surface area contributed by atoms with Crippen LogP contribution in [-0.4, -0.2) is 54.0 Å². The van der Waals surface area contributed by atoms with E-state index in [-0.39, 0.29) is 6.04 Å². The molecule has 0 bridgehead atoms. The molecular weight excluding hydrogens is 451 g/mol. The van der Waals surface area contributed by atoms with Crippen molar-refractivity contribution in [2.24, 2.45) is 0 Å². The number of aromatic amines is 1. The van der Waals surface area contributed by atoms with Crippen LogP contribution in [0, 0.1) is 6.92 Å². The molecule has 3 atom stereocenters. The van der Waals surface area contributed by atoms with Crippen LogP contribution in [0.1, 0.15) is 44.0 Å². The first-order chi connectivity index (χ1) is 16.9. The lowest BCUT2D eigenvalue weighted by Crippen LogP contribution is -2.36. The number of fused-ring (bicyclic) bond motifs is 1. The predicted octanol–water partition coefficient (Wildman–Crippen LogP) is 4.29. The first-order valence-corrected chi connectivity index (χ1v) is 11.6. The number of hydrogen-bond donors (Lipinski definition) is 3. The average molecular weight is 479 g/mol. The lowest BCUT2D eigenvalue weighted by molar-refractivity contribution is 0.0555. The topological polar surface area (TPSA) is 122 Å². The summed E-state index contributed by atoms with van der Waals surface area (Å²) < 4.78 is 22.2. The number of nitrogens with zero attached hydrogens (tertiary/aromatic N) is 5. The third kappa shape index (κ3) is 4.79. The Morgan fingerprint density at radius 1 is 1.23 bits per heavy atom. The summed E-state index contributed by atoms with van der Waals surface area (Å²) in [6, 6.07) is 9.19. The quantitative estimate of drug-likeness (QED) is 0.378. The minimum Gasteiger partial charge on any atom is -0.443 e. The molecule has 35 heavy (non-hydrogen) atoms. The number of alkyl halides is 1. The highest BCUT2D eigenvalue weighted by molar-refractivity contribution is 5.68. The number of alkyl carbamates (subject to hydrolysis) is 1. The summed E-state index contributed by atoms with van der Waals surface area (Å²) in [5.74, 6) is 0.558. The number of amides is 1. The van der Waals surface area contributed by atoms with E-state index >= 15 is 4.39 Å². The summed E-state index contributed by atoms with van der Waals surface area (Å²) in [4.78, 5) is 25.6. The van der Waals surface area contributed by atoms with Crippen molar-refractivity contribution in [3.63, 3.8) is 0 Å². The monoisotopic (exact) mass is 478 g/mol. The van der Waals surface area contributed by atoms with Gasteiger partial charge in [0.25, 0.3) is 0 Å². The second kappa shape index (κ2) is 9.32. The molecule has 10 nitrogen and oxygen atoms in total. The molecule has 0 spiro atoms. The molecule has 0 aliphatic heterocycles. The first kappa shape index (κ1) is 22.8. The zero-order valence-electron chi connectivity index (χ0n) is 19.7. The Morgan fingerprint density at radius 2 is 2.09 bits per heavy atom. The molecule has 1 saturated carbocycles. The first-order valence-electron chi connectivity index (χ1n) is 11.6. The highest BCUT2D eigenvalue weighted by Gasteiger charge is 2.40. The smallest absolute Gasteiger partial charge is 0.407 e. The number of aryl methyl sites for hydroxylation is 1. The van der Waals surface area contributed by atoms with Crippen molar-refractivity contribution in [2.45, 2.75) is 57.8 Å². The molecule has 4 aromatic heterocycles. The maximum atomic E-state index is 15.1. The number of aromatic nitrogens is 6. The molecule has 3 N–H and O–H groups in total. The summed E-state index contributed by atoms with van der Waals surface area (Å²) in [5.41, 5.74) is 3.58. The van der Waals surface area contributed by atoms with Gasteiger partial charge < -0.3 is 15.4 Å². The van der Waals surface area contributed by atoms with Crippen molar-refractivity contribution in [1.82, 2.24) is 34.9 Å². The van der Waals surface area contributed by atoms with Crippen LogP contribution < -0.4 is 10.6 Å². The number of nitrogens with one attached hydrogen (secondary N) is 3. The number of halogens is 1. The van der Waals surface area contributed by atoms with Gasteiger partial charge in [-0.25, -0.2) is 19.2 Å². The van der Waals surface area contributed by atoms with Gasteiger partial charge in [-0.3, -0.25) is 14.5 Å². The van der Waals surface area contributed by atoms with E-state index in [9.17, 15) is 4.79 Å². The minimum atomic E-state index is -1.32. The Labute approximate surface area is 201 Å². The lowest BCUT2D eigenvalue weighted by atomic mass is 10.0. The fourth-order valence-corrected chi connectivity index (χ4v) is 4.33. The average Bonchev–Trinajstić information content (AvgIpc) is 3.52. The van der Waals surface area contributed by atoms with Crippen LogP contribution in [0.3, 0.4) is 0 Å². The van der Waals surface area contributed by atoms with Gasteiger partial charge in [0.05, 0.1) is 17.1 Å². The predicted molar refractivity (Wildman–Crippen MR) is 128 cm³/mol. The van der Waals surface area contributed by atoms with E-state index in [1.165, 1.54) is 0 Å². The minimum absolute atomic E-state index is 0.0745. The van der Waals surface area contributed by atoms with E-state index in [1.807, 2.05) is 55.6 Å². The summed E-state index contributed by atoms with van der Waals surface area (Å²) in [6.07, 6.45) is 1.86. The fourth-order valence-electron chi connectivity index (χ4n) is 4.33. The van der Waals surface area contributed by atoms with Gasteiger partial charge in [0, 0.05) is 42.2 Å². The van der Waals surface area contributed by atoms with Crippen LogP contribution in [0.25, 0.3) is 17.0 Å². The van der Waals surface area contributed by atoms with E-state index < -0.39 is 24.3 Å². The number of carbonyl (C=O) groups excluding carboxylic acids is 1. The Hall–Kier alpha value is -4.02. The summed E-state index contributed by atoms with van der Waals surface area (Å²) in [6.45, 7) is 5.56. The van der Waals surface area contributed by atoms with Crippen molar-refractivity contribution in [1.29, 1.82) is 0 Å². The van der Waals surface area contributed by atoms with Crippen LogP contribution in [0.5, 0.6) is 0 Å². The maximum Gasteiger partial charge on any atom is 0.407 e. The number of imidazole rings is 1. The zero-order valence-corrected chi connectivity index (χ0v) is 19.7. The summed E-state index contributed by atoms with van der Waals surface area (Å²) >= 11 is 0. The third-order valence-corrected chi connectivity index (χ3v) is 5.91. The van der Waals surface area contributed by atoms with Crippen molar-refractivity contribution in [2.75, 3.05) is 5.32 Å². The molecule has 0 radical (unpaired) electrons.